The van der Waals surface area contributed by atoms with E-state index in [9.17, 15) is 0 Å². The Morgan fingerprint density at radius 3 is 2.53 bits per heavy atom. The van der Waals surface area contributed by atoms with Gasteiger partial charge in [0.25, 0.3) is 0 Å². The maximum atomic E-state index is 3.73. The fraction of sp³-hybridized carbons (Fsp3) is 0.600. The van der Waals surface area contributed by atoms with Crippen LogP contribution in [0.5, 0.6) is 0 Å². The zero-order valence-corrected chi connectivity index (χ0v) is 12.2. The molecule has 0 atom stereocenters. The molecule has 1 aliphatic rings. The number of benzene rings is 1. The third kappa shape index (κ3) is 2.92. The minimum Gasteiger partial charge on any atom is -0.316 e. The first-order valence-electron chi connectivity index (χ1n) is 6.74. The summed E-state index contributed by atoms with van der Waals surface area (Å²) < 4.78 is 1.28. The summed E-state index contributed by atoms with van der Waals surface area (Å²) in [5.74, 6) is 0. The lowest BCUT2D eigenvalue weighted by Gasteiger charge is -2.39. The smallest absolute Gasteiger partial charge is 0.0213 e. The largest absolute Gasteiger partial charge is 0.316 e. The SMILES string of the molecule is CCNCC1(c2ccccc2Br)CCCCC1. The Labute approximate surface area is 113 Å². The number of likely N-dealkylation sites (N-methyl/N-ethyl adjacent to an activating group) is 1. The molecule has 2 rings (SSSR count). The van der Waals surface area contributed by atoms with Crippen LogP contribution in [0.4, 0.5) is 0 Å². The summed E-state index contributed by atoms with van der Waals surface area (Å²) in [6.45, 7) is 4.37. The van der Waals surface area contributed by atoms with Gasteiger partial charge in [-0.05, 0) is 31.0 Å². The average molecular weight is 296 g/mol. The molecule has 0 aliphatic heterocycles. The summed E-state index contributed by atoms with van der Waals surface area (Å²) in [4.78, 5) is 0. The molecule has 0 radical (unpaired) electrons. The highest BCUT2D eigenvalue weighted by molar-refractivity contribution is 9.10. The molecule has 0 aromatic heterocycles. The van der Waals surface area contributed by atoms with Gasteiger partial charge in [-0.1, -0.05) is 60.3 Å². The topological polar surface area (TPSA) is 12.0 Å². The third-order valence-corrected chi connectivity index (χ3v) is 4.66. The van der Waals surface area contributed by atoms with E-state index in [1.165, 1.54) is 42.1 Å². The van der Waals surface area contributed by atoms with Gasteiger partial charge in [-0.3, -0.25) is 0 Å². The minimum absolute atomic E-state index is 0.356. The maximum Gasteiger partial charge on any atom is 0.0213 e. The van der Waals surface area contributed by atoms with Crippen molar-refractivity contribution in [3.63, 3.8) is 0 Å². The van der Waals surface area contributed by atoms with E-state index >= 15 is 0 Å². The Morgan fingerprint density at radius 1 is 1.18 bits per heavy atom. The fourth-order valence-corrected chi connectivity index (χ4v) is 3.73. The Kier molecular flexibility index (Phi) is 4.63. The van der Waals surface area contributed by atoms with Gasteiger partial charge < -0.3 is 5.32 Å². The molecule has 0 saturated heterocycles. The van der Waals surface area contributed by atoms with Crippen LogP contribution in [-0.4, -0.2) is 13.1 Å². The van der Waals surface area contributed by atoms with Crippen LogP contribution in [0.1, 0.15) is 44.6 Å². The highest BCUT2D eigenvalue weighted by atomic mass is 79.9. The monoisotopic (exact) mass is 295 g/mol. The van der Waals surface area contributed by atoms with Crippen molar-refractivity contribution in [2.24, 2.45) is 0 Å². The second-order valence-corrected chi connectivity index (χ2v) is 5.96. The number of halogens is 1. The molecule has 0 spiro atoms. The first-order chi connectivity index (χ1) is 8.28. The third-order valence-electron chi connectivity index (χ3n) is 3.97. The maximum absolute atomic E-state index is 3.73. The van der Waals surface area contributed by atoms with Crippen molar-refractivity contribution in [2.45, 2.75) is 44.4 Å². The quantitative estimate of drug-likeness (QED) is 0.875. The molecule has 0 heterocycles. The molecule has 1 N–H and O–H groups in total. The molecular weight excluding hydrogens is 274 g/mol. The van der Waals surface area contributed by atoms with Crippen molar-refractivity contribution in [3.8, 4) is 0 Å². The first kappa shape index (κ1) is 13.1. The van der Waals surface area contributed by atoms with E-state index < -0.39 is 0 Å². The van der Waals surface area contributed by atoms with Crippen molar-refractivity contribution in [1.29, 1.82) is 0 Å². The van der Waals surface area contributed by atoms with Crippen LogP contribution < -0.4 is 5.32 Å². The molecule has 1 aliphatic carbocycles. The van der Waals surface area contributed by atoms with Crippen LogP contribution >= 0.6 is 15.9 Å². The van der Waals surface area contributed by atoms with Gasteiger partial charge in [0.15, 0.2) is 0 Å². The summed E-state index contributed by atoms with van der Waals surface area (Å²) in [5, 5.41) is 3.56. The molecule has 1 nitrogen and oxygen atoms in total. The summed E-state index contributed by atoms with van der Waals surface area (Å²) >= 11 is 3.73. The molecular formula is C15H22BrN. The fourth-order valence-electron chi connectivity index (χ4n) is 3.03. The summed E-state index contributed by atoms with van der Waals surface area (Å²) in [6, 6.07) is 8.75. The molecule has 17 heavy (non-hydrogen) atoms. The first-order valence-corrected chi connectivity index (χ1v) is 7.53. The van der Waals surface area contributed by atoms with Crippen LogP contribution in [0, 0.1) is 0 Å². The van der Waals surface area contributed by atoms with E-state index in [0.717, 1.165) is 13.1 Å². The number of rotatable bonds is 4. The second kappa shape index (κ2) is 6.01. The summed E-state index contributed by atoms with van der Waals surface area (Å²) in [6.07, 6.45) is 6.78. The van der Waals surface area contributed by atoms with Crippen LogP contribution in [0.25, 0.3) is 0 Å². The highest BCUT2D eigenvalue weighted by Crippen LogP contribution is 2.41. The van der Waals surface area contributed by atoms with Gasteiger partial charge in [0.1, 0.15) is 0 Å². The lowest BCUT2D eigenvalue weighted by Crippen LogP contribution is -2.40. The number of hydrogen-bond acceptors (Lipinski definition) is 1. The van der Waals surface area contributed by atoms with E-state index in [4.69, 9.17) is 0 Å². The molecule has 2 heteroatoms. The molecule has 1 aromatic carbocycles. The van der Waals surface area contributed by atoms with Crippen molar-refractivity contribution in [2.75, 3.05) is 13.1 Å². The highest BCUT2D eigenvalue weighted by Gasteiger charge is 2.34. The van der Waals surface area contributed by atoms with E-state index in [1.54, 1.807) is 0 Å². The van der Waals surface area contributed by atoms with Gasteiger partial charge >= 0.3 is 0 Å². The van der Waals surface area contributed by atoms with Crippen molar-refractivity contribution in [1.82, 2.24) is 5.32 Å². The second-order valence-electron chi connectivity index (χ2n) is 5.10. The van der Waals surface area contributed by atoms with Crippen LogP contribution in [-0.2, 0) is 5.41 Å². The Morgan fingerprint density at radius 2 is 1.88 bits per heavy atom. The molecule has 1 saturated carbocycles. The molecule has 0 unspecified atom stereocenters. The van der Waals surface area contributed by atoms with Gasteiger partial charge in [-0.2, -0.15) is 0 Å². The van der Waals surface area contributed by atoms with Gasteiger partial charge in [-0.15, -0.1) is 0 Å². The van der Waals surface area contributed by atoms with Gasteiger partial charge in [0.2, 0.25) is 0 Å². The van der Waals surface area contributed by atoms with Crippen LogP contribution in [0.3, 0.4) is 0 Å². The molecule has 1 aromatic rings. The standard InChI is InChI=1S/C15H22BrN/c1-2-17-12-15(10-6-3-7-11-15)13-8-4-5-9-14(13)16/h4-5,8-9,17H,2-3,6-7,10-12H2,1H3. The number of hydrogen-bond donors (Lipinski definition) is 1. The Hall–Kier alpha value is -0.340. The normalized spacial score (nSPS) is 19.2. The van der Waals surface area contributed by atoms with E-state index in [2.05, 4.69) is 52.4 Å². The van der Waals surface area contributed by atoms with E-state index in [0.29, 0.717) is 5.41 Å². The lowest BCUT2D eigenvalue weighted by molar-refractivity contribution is 0.281. The van der Waals surface area contributed by atoms with Crippen LogP contribution in [0.2, 0.25) is 0 Å². The van der Waals surface area contributed by atoms with Crippen molar-refractivity contribution in [3.05, 3.63) is 34.3 Å². The predicted octanol–water partition coefficient (Wildman–Crippen LogP) is 4.26. The average Bonchev–Trinajstić information content (AvgIpc) is 2.38. The molecule has 0 amide bonds. The molecule has 94 valence electrons. The summed E-state index contributed by atoms with van der Waals surface area (Å²) in [7, 11) is 0. The van der Waals surface area contributed by atoms with Crippen LogP contribution in [0.15, 0.2) is 28.7 Å². The minimum atomic E-state index is 0.356. The van der Waals surface area contributed by atoms with Crippen molar-refractivity contribution >= 4 is 15.9 Å². The Bertz CT molecular complexity index is 356. The number of nitrogens with one attached hydrogen (secondary N) is 1. The van der Waals surface area contributed by atoms with Gasteiger partial charge in [0, 0.05) is 16.4 Å². The van der Waals surface area contributed by atoms with E-state index in [-0.39, 0.29) is 0 Å². The van der Waals surface area contributed by atoms with Crippen molar-refractivity contribution < 1.29 is 0 Å². The summed E-state index contributed by atoms with van der Waals surface area (Å²) in [5.41, 5.74) is 1.86. The molecule has 1 fully saturated rings. The Balaban J connectivity index is 2.28. The van der Waals surface area contributed by atoms with E-state index in [1.807, 2.05) is 0 Å². The predicted molar refractivity (Wildman–Crippen MR) is 77.4 cm³/mol. The molecule has 0 bridgehead atoms. The zero-order chi connectivity index (χ0) is 12.1. The lowest BCUT2D eigenvalue weighted by atomic mass is 9.69. The van der Waals surface area contributed by atoms with Gasteiger partial charge in [0.05, 0.1) is 0 Å². The van der Waals surface area contributed by atoms with Gasteiger partial charge in [-0.25, -0.2) is 0 Å². The zero-order valence-electron chi connectivity index (χ0n) is 10.6.